The highest BCUT2D eigenvalue weighted by molar-refractivity contribution is 5.81. The Morgan fingerprint density at radius 1 is 1.29 bits per heavy atom. The first-order valence-electron chi connectivity index (χ1n) is 13.3. The maximum absolute atomic E-state index is 12.7. The molecule has 1 aromatic carbocycles. The van der Waals surface area contributed by atoms with E-state index in [-0.39, 0.29) is 17.8 Å². The van der Waals surface area contributed by atoms with Crippen LogP contribution in [0, 0.1) is 6.92 Å². The number of aliphatic hydroxyl groups excluding tert-OH is 1. The molecule has 204 valence electrons. The van der Waals surface area contributed by atoms with Crippen LogP contribution >= 0.6 is 0 Å². The van der Waals surface area contributed by atoms with Gasteiger partial charge in [0.15, 0.2) is 0 Å². The van der Waals surface area contributed by atoms with Crippen molar-refractivity contribution in [2.75, 3.05) is 19.8 Å². The third-order valence-corrected chi connectivity index (χ3v) is 7.28. The summed E-state index contributed by atoms with van der Waals surface area (Å²) in [4.78, 5) is 29.9. The molecular formula is C28H36N4O6. The standard InChI is InChI=1S/C28H36N4O6/c1-17-11-20(14-31(3)27(17)34)26-30-23-12-19(6-7-24(23)32(26)15-21-5-4-9-37-21)13-29-25(18(2)33)28(35)38-22-8-10-36-16-22/h6-7,11-12,14,18,21-22,25,29,33H,4-5,8-10,13,15-16H2,1-3H3/t18-,21-,22-,25-/m0/s1. The average Bonchev–Trinajstić information content (AvgIpc) is 3.65. The summed E-state index contributed by atoms with van der Waals surface area (Å²) >= 11 is 0. The van der Waals surface area contributed by atoms with Gasteiger partial charge in [-0.2, -0.15) is 0 Å². The van der Waals surface area contributed by atoms with E-state index < -0.39 is 18.1 Å². The van der Waals surface area contributed by atoms with E-state index >= 15 is 0 Å². The molecule has 2 aliphatic heterocycles. The van der Waals surface area contributed by atoms with Gasteiger partial charge >= 0.3 is 5.97 Å². The van der Waals surface area contributed by atoms with Gasteiger partial charge in [0.2, 0.25) is 0 Å². The molecular weight excluding hydrogens is 488 g/mol. The van der Waals surface area contributed by atoms with Crippen LogP contribution in [0.2, 0.25) is 0 Å². The van der Waals surface area contributed by atoms with E-state index in [4.69, 9.17) is 19.2 Å². The van der Waals surface area contributed by atoms with Crippen LogP contribution in [0.25, 0.3) is 22.4 Å². The third-order valence-electron chi connectivity index (χ3n) is 7.28. The van der Waals surface area contributed by atoms with Crippen LogP contribution in [0.3, 0.4) is 0 Å². The lowest BCUT2D eigenvalue weighted by Gasteiger charge is -2.22. The summed E-state index contributed by atoms with van der Waals surface area (Å²) in [7, 11) is 1.75. The van der Waals surface area contributed by atoms with E-state index in [0.717, 1.165) is 47.4 Å². The van der Waals surface area contributed by atoms with E-state index in [1.54, 1.807) is 18.5 Å². The van der Waals surface area contributed by atoms with Crippen molar-refractivity contribution in [3.63, 3.8) is 0 Å². The summed E-state index contributed by atoms with van der Waals surface area (Å²) < 4.78 is 20.5. The molecule has 10 heteroatoms. The number of rotatable bonds is 9. The average molecular weight is 525 g/mol. The number of aromatic nitrogens is 3. The number of nitrogens with one attached hydrogen (secondary N) is 1. The molecule has 4 atom stereocenters. The van der Waals surface area contributed by atoms with Crippen molar-refractivity contribution in [3.05, 3.63) is 51.9 Å². The van der Waals surface area contributed by atoms with Gasteiger partial charge in [-0.1, -0.05) is 6.07 Å². The molecule has 5 rings (SSSR count). The van der Waals surface area contributed by atoms with E-state index in [1.165, 1.54) is 0 Å². The summed E-state index contributed by atoms with van der Waals surface area (Å²) in [5, 5.41) is 13.4. The van der Waals surface area contributed by atoms with Crippen molar-refractivity contribution in [1.82, 2.24) is 19.4 Å². The summed E-state index contributed by atoms with van der Waals surface area (Å²) in [6, 6.07) is 7.04. The van der Waals surface area contributed by atoms with Gasteiger partial charge in [0.25, 0.3) is 5.56 Å². The number of nitrogens with zero attached hydrogens (tertiary/aromatic N) is 3. The minimum absolute atomic E-state index is 0.0319. The number of imidazole rings is 1. The molecule has 2 N–H and O–H groups in total. The first-order chi connectivity index (χ1) is 18.3. The fraction of sp³-hybridized carbons (Fsp3) is 0.536. The first kappa shape index (κ1) is 26.6. The summed E-state index contributed by atoms with van der Waals surface area (Å²) in [6.07, 6.45) is 3.46. The monoisotopic (exact) mass is 524 g/mol. The fourth-order valence-corrected chi connectivity index (χ4v) is 5.20. The normalized spacial score (nSPS) is 21.2. The maximum Gasteiger partial charge on any atom is 0.326 e. The number of pyridine rings is 1. The highest BCUT2D eigenvalue weighted by Crippen LogP contribution is 2.28. The Balaban J connectivity index is 1.41. The zero-order chi connectivity index (χ0) is 26.8. The van der Waals surface area contributed by atoms with Gasteiger partial charge in [-0.15, -0.1) is 0 Å². The largest absolute Gasteiger partial charge is 0.459 e. The lowest BCUT2D eigenvalue weighted by molar-refractivity contribution is -0.154. The van der Waals surface area contributed by atoms with Crippen molar-refractivity contribution >= 4 is 17.0 Å². The van der Waals surface area contributed by atoms with Crippen molar-refractivity contribution in [1.29, 1.82) is 0 Å². The lowest BCUT2D eigenvalue weighted by Crippen LogP contribution is -2.46. The van der Waals surface area contributed by atoms with Crippen LogP contribution < -0.4 is 10.9 Å². The third kappa shape index (κ3) is 5.68. The molecule has 0 radical (unpaired) electrons. The number of benzene rings is 1. The molecule has 0 saturated carbocycles. The van der Waals surface area contributed by atoms with Crippen LogP contribution in [0.15, 0.2) is 35.3 Å². The smallest absolute Gasteiger partial charge is 0.326 e. The number of esters is 1. The minimum Gasteiger partial charge on any atom is -0.459 e. The van der Waals surface area contributed by atoms with Crippen molar-refractivity contribution in [3.8, 4) is 11.4 Å². The molecule has 2 aromatic heterocycles. The molecule has 4 heterocycles. The zero-order valence-electron chi connectivity index (χ0n) is 22.2. The van der Waals surface area contributed by atoms with Crippen molar-refractivity contribution in [2.45, 2.75) is 70.6 Å². The van der Waals surface area contributed by atoms with E-state index in [9.17, 15) is 14.7 Å². The van der Waals surface area contributed by atoms with Crippen molar-refractivity contribution in [2.24, 2.45) is 7.05 Å². The number of hydrogen-bond donors (Lipinski definition) is 2. The Kier molecular flexibility index (Phi) is 7.94. The fourth-order valence-electron chi connectivity index (χ4n) is 5.20. The minimum atomic E-state index is -0.918. The predicted octanol–water partition coefficient (Wildman–Crippen LogP) is 2.06. The van der Waals surface area contributed by atoms with Gasteiger partial charge in [-0.3, -0.25) is 14.9 Å². The number of aliphatic hydroxyl groups is 1. The zero-order valence-corrected chi connectivity index (χ0v) is 22.2. The Morgan fingerprint density at radius 3 is 2.82 bits per heavy atom. The number of fused-ring (bicyclic) bond motifs is 1. The number of aryl methyl sites for hydroxylation is 2. The second kappa shape index (κ2) is 11.4. The van der Waals surface area contributed by atoms with Gasteiger partial charge in [0, 0.05) is 43.9 Å². The highest BCUT2D eigenvalue weighted by atomic mass is 16.6. The molecule has 38 heavy (non-hydrogen) atoms. The SMILES string of the molecule is Cc1cc(-c2nc3cc(CN[C@H](C(=O)O[C@H]4CCOC4)[C@H](C)O)ccc3n2C[C@@H]2CCCO2)cn(C)c1=O. The molecule has 3 aromatic rings. The quantitative estimate of drug-likeness (QED) is 0.409. The topological polar surface area (TPSA) is 117 Å². The van der Waals surface area contributed by atoms with Crippen molar-refractivity contribution < 1.29 is 24.1 Å². The number of ether oxygens (including phenoxy) is 3. The van der Waals surface area contributed by atoms with Crippen LogP contribution in [-0.4, -0.2) is 69.4 Å². The summed E-state index contributed by atoms with van der Waals surface area (Å²) in [5.41, 5.74) is 4.19. The van der Waals surface area contributed by atoms with Gasteiger partial charge in [-0.05, 0) is 50.5 Å². The Morgan fingerprint density at radius 2 is 2.13 bits per heavy atom. The van der Waals surface area contributed by atoms with Gasteiger partial charge < -0.3 is 28.5 Å². The number of carbonyl (C=O) groups is 1. The molecule has 2 aliphatic rings. The number of hydrogen-bond acceptors (Lipinski definition) is 8. The maximum atomic E-state index is 12.7. The molecule has 0 aliphatic carbocycles. The molecule has 2 saturated heterocycles. The van der Waals surface area contributed by atoms with E-state index in [1.807, 2.05) is 37.4 Å². The van der Waals surface area contributed by atoms with Crippen LogP contribution in [0.5, 0.6) is 0 Å². The summed E-state index contributed by atoms with van der Waals surface area (Å²) in [5.74, 6) is 0.299. The first-order valence-corrected chi connectivity index (χ1v) is 13.3. The molecule has 0 spiro atoms. The molecule has 0 bridgehead atoms. The molecule has 0 amide bonds. The predicted molar refractivity (Wildman–Crippen MR) is 142 cm³/mol. The molecule has 0 unspecified atom stereocenters. The Labute approximate surface area is 221 Å². The van der Waals surface area contributed by atoms with Crippen LogP contribution in [-0.2, 0) is 39.1 Å². The van der Waals surface area contributed by atoms with E-state index in [2.05, 4.69) is 9.88 Å². The van der Waals surface area contributed by atoms with Crippen LogP contribution in [0.4, 0.5) is 0 Å². The lowest BCUT2D eigenvalue weighted by atomic mass is 10.1. The Hall–Kier alpha value is -3.05. The molecule has 10 nitrogen and oxygen atoms in total. The highest BCUT2D eigenvalue weighted by Gasteiger charge is 2.29. The van der Waals surface area contributed by atoms with Gasteiger partial charge in [0.05, 0.1) is 43.0 Å². The number of carbonyl (C=O) groups excluding carboxylic acids is 1. The Bertz CT molecular complexity index is 1330. The van der Waals surface area contributed by atoms with Gasteiger partial charge in [0.1, 0.15) is 18.0 Å². The molecule has 2 fully saturated rings. The van der Waals surface area contributed by atoms with Crippen LogP contribution in [0.1, 0.15) is 37.3 Å². The second-order valence-electron chi connectivity index (χ2n) is 10.4. The van der Waals surface area contributed by atoms with Gasteiger partial charge in [-0.25, -0.2) is 4.98 Å². The van der Waals surface area contributed by atoms with E-state index in [0.29, 0.717) is 38.3 Å². The summed E-state index contributed by atoms with van der Waals surface area (Å²) in [6.45, 7) is 6.14. The second-order valence-corrected chi connectivity index (χ2v) is 10.4.